The number of nitrogens with zero attached hydrogens (tertiary/aromatic N) is 4. The molecule has 8 nitrogen and oxygen atoms in total. The Labute approximate surface area is 228 Å². The summed E-state index contributed by atoms with van der Waals surface area (Å²) in [6.07, 6.45) is 2.26. The maximum absolute atomic E-state index is 12.5. The fourth-order valence-corrected chi connectivity index (χ4v) is 5.02. The van der Waals surface area contributed by atoms with Crippen LogP contribution in [0, 0.1) is 5.41 Å². The Kier molecular flexibility index (Phi) is 8.02. The van der Waals surface area contributed by atoms with Crippen LogP contribution in [0.3, 0.4) is 0 Å². The van der Waals surface area contributed by atoms with Crippen LogP contribution in [0.4, 0.5) is 16.4 Å². The minimum absolute atomic E-state index is 0.0264. The van der Waals surface area contributed by atoms with Gasteiger partial charge in [0.15, 0.2) is 0 Å². The lowest BCUT2D eigenvalue weighted by Crippen LogP contribution is -2.44. The smallest absolute Gasteiger partial charge is 0.407 e. The van der Waals surface area contributed by atoms with Crippen molar-refractivity contribution in [3.63, 3.8) is 0 Å². The van der Waals surface area contributed by atoms with Gasteiger partial charge < -0.3 is 24.8 Å². The fraction of sp³-hybridized carbons (Fsp3) is 0.414. The molecule has 2 heterocycles. The highest BCUT2D eigenvalue weighted by Crippen LogP contribution is 2.30. The molecule has 2 atom stereocenters. The Hall–Kier alpha value is -3.52. The number of fused-ring (bicyclic) bond motifs is 1. The summed E-state index contributed by atoms with van der Waals surface area (Å²) < 4.78 is 2.10. The number of rotatable bonds is 8. The van der Waals surface area contributed by atoms with Crippen molar-refractivity contribution in [1.29, 1.82) is 0 Å². The quantitative estimate of drug-likeness (QED) is 0.319. The molecule has 1 unspecified atom stereocenters. The molecule has 0 bridgehead atoms. The van der Waals surface area contributed by atoms with Gasteiger partial charge in [-0.05, 0) is 73.2 Å². The highest BCUT2D eigenvalue weighted by molar-refractivity contribution is 6.30. The summed E-state index contributed by atoms with van der Waals surface area (Å²) in [6, 6.07) is 13.1. The molecule has 1 saturated heterocycles. The number of benzene rings is 2. The van der Waals surface area contributed by atoms with Gasteiger partial charge in [-0.25, -0.2) is 9.78 Å². The number of anilines is 2. The summed E-state index contributed by atoms with van der Waals surface area (Å²) in [7, 11) is 0. The highest BCUT2D eigenvalue weighted by Gasteiger charge is 2.31. The number of hydrogen-bond acceptors (Lipinski definition) is 4. The van der Waals surface area contributed by atoms with Crippen LogP contribution in [0.25, 0.3) is 11.0 Å². The van der Waals surface area contributed by atoms with E-state index in [-0.39, 0.29) is 30.0 Å². The normalized spacial score (nSPS) is 16.4. The molecule has 1 fully saturated rings. The molecule has 0 aliphatic carbocycles. The monoisotopic (exact) mass is 537 g/mol. The van der Waals surface area contributed by atoms with Crippen LogP contribution in [0.2, 0.25) is 5.02 Å². The van der Waals surface area contributed by atoms with E-state index in [4.69, 9.17) is 16.6 Å². The Morgan fingerprint density at radius 2 is 1.97 bits per heavy atom. The third-order valence-electron chi connectivity index (χ3n) is 7.46. The number of likely N-dealkylation sites (tertiary alicyclic amines) is 1. The molecule has 9 heteroatoms. The van der Waals surface area contributed by atoms with Crippen molar-refractivity contribution in [2.24, 2.45) is 5.41 Å². The first-order valence-electron chi connectivity index (χ1n) is 12.9. The van der Waals surface area contributed by atoms with Crippen molar-refractivity contribution < 1.29 is 14.7 Å². The number of amides is 2. The first kappa shape index (κ1) is 27.5. The first-order chi connectivity index (χ1) is 18.0. The molecule has 4 rings (SSSR count). The molecular weight excluding hydrogens is 502 g/mol. The number of carboxylic acid groups (broad SMARTS) is 1. The van der Waals surface area contributed by atoms with Gasteiger partial charge in [-0.3, -0.25) is 4.79 Å². The Balaban J connectivity index is 1.71. The molecule has 0 spiro atoms. The van der Waals surface area contributed by atoms with Gasteiger partial charge in [0.05, 0.1) is 17.1 Å². The summed E-state index contributed by atoms with van der Waals surface area (Å²) in [5.74, 6) is 0.587. The summed E-state index contributed by atoms with van der Waals surface area (Å²) >= 11 is 6.07. The van der Waals surface area contributed by atoms with Gasteiger partial charge in [0.25, 0.3) is 0 Å². The van der Waals surface area contributed by atoms with Gasteiger partial charge in [-0.15, -0.1) is 0 Å². The van der Waals surface area contributed by atoms with Crippen molar-refractivity contribution in [3.05, 3.63) is 65.7 Å². The third-order valence-corrected chi connectivity index (χ3v) is 7.71. The van der Waals surface area contributed by atoms with Crippen LogP contribution in [0.1, 0.15) is 46.1 Å². The number of aromatic nitrogens is 2. The molecule has 2 amide bonds. The van der Waals surface area contributed by atoms with E-state index < -0.39 is 6.09 Å². The van der Waals surface area contributed by atoms with Gasteiger partial charge in [-0.1, -0.05) is 45.0 Å². The summed E-state index contributed by atoms with van der Waals surface area (Å²) in [5.41, 5.74) is 3.17. The minimum Gasteiger partial charge on any atom is -0.465 e. The van der Waals surface area contributed by atoms with Crippen LogP contribution in [-0.2, 0) is 17.9 Å². The van der Waals surface area contributed by atoms with Crippen LogP contribution in [0.15, 0.2) is 55.1 Å². The standard InChI is InChI=1S/C29H36ClN5O3/c1-6-26(36)33-15-7-8-23(33)18-35-25-14-9-20(17-34(28(37)38)19(2)29(3,4)5)16-24(25)32-27(35)31-22-12-10-21(30)11-13-22/h6,9-14,16,19,23H,1,7-8,15,17-18H2,2-5H3,(H,31,32)(H,37,38)/t19-,23?/m0/s1. The van der Waals surface area contributed by atoms with Crippen molar-refractivity contribution in [2.75, 3.05) is 11.9 Å². The Morgan fingerprint density at radius 3 is 2.61 bits per heavy atom. The van der Waals surface area contributed by atoms with Crippen molar-refractivity contribution in [2.45, 2.75) is 65.7 Å². The second-order valence-electron chi connectivity index (χ2n) is 11.0. The predicted molar refractivity (Wildman–Crippen MR) is 152 cm³/mol. The zero-order valence-electron chi connectivity index (χ0n) is 22.4. The average Bonchev–Trinajstić information content (AvgIpc) is 3.47. The van der Waals surface area contributed by atoms with Gasteiger partial charge in [0, 0.05) is 36.4 Å². The van der Waals surface area contributed by atoms with Crippen LogP contribution < -0.4 is 5.32 Å². The number of carbonyl (C=O) groups excluding carboxylic acids is 1. The largest absolute Gasteiger partial charge is 0.465 e. The molecule has 2 aromatic carbocycles. The lowest BCUT2D eigenvalue weighted by atomic mass is 9.87. The Morgan fingerprint density at radius 1 is 1.26 bits per heavy atom. The van der Waals surface area contributed by atoms with Gasteiger partial charge in [0.2, 0.25) is 11.9 Å². The molecule has 1 aliphatic heterocycles. The fourth-order valence-electron chi connectivity index (χ4n) is 4.89. The molecule has 38 heavy (non-hydrogen) atoms. The zero-order valence-corrected chi connectivity index (χ0v) is 23.2. The SMILES string of the molecule is C=CC(=O)N1CCCC1Cn1c(Nc2ccc(Cl)cc2)nc2cc(CN(C(=O)O)[C@@H](C)C(C)(C)C)ccc21. The predicted octanol–water partition coefficient (Wildman–Crippen LogP) is 6.52. The zero-order chi connectivity index (χ0) is 27.6. The molecule has 1 aromatic heterocycles. The second kappa shape index (κ2) is 11.1. The molecule has 3 aromatic rings. The lowest BCUT2D eigenvalue weighted by molar-refractivity contribution is -0.126. The third kappa shape index (κ3) is 5.96. The van der Waals surface area contributed by atoms with E-state index in [1.165, 1.54) is 11.0 Å². The van der Waals surface area contributed by atoms with Crippen molar-refractivity contribution in [3.8, 4) is 0 Å². The minimum atomic E-state index is -0.948. The number of hydrogen-bond donors (Lipinski definition) is 2. The lowest BCUT2D eigenvalue weighted by Gasteiger charge is -2.36. The molecule has 2 N–H and O–H groups in total. The highest BCUT2D eigenvalue weighted by atomic mass is 35.5. The van der Waals surface area contributed by atoms with Crippen LogP contribution in [-0.4, -0.2) is 55.1 Å². The summed E-state index contributed by atoms with van der Waals surface area (Å²) in [4.78, 5) is 32.8. The van der Waals surface area contributed by atoms with E-state index in [1.807, 2.05) is 75.1 Å². The van der Waals surface area contributed by atoms with Crippen LogP contribution in [0.5, 0.6) is 0 Å². The van der Waals surface area contributed by atoms with Crippen molar-refractivity contribution in [1.82, 2.24) is 19.4 Å². The molecular formula is C29H36ClN5O3. The molecule has 0 radical (unpaired) electrons. The Bertz CT molecular complexity index is 1330. The molecule has 1 aliphatic rings. The topological polar surface area (TPSA) is 90.7 Å². The van der Waals surface area contributed by atoms with E-state index in [2.05, 4.69) is 16.5 Å². The van der Waals surface area contributed by atoms with Gasteiger partial charge in [0.1, 0.15) is 0 Å². The van der Waals surface area contributed by atoms with E-state index in [0.717, 1.165) is 35.1 Å². The number of carbonyl (C=O) groups is 2. The maximum Gasteiger partial charge on any atom is 0.407 e. The molecule has 202 valence electrons. The van der Waals surface area contributed by atoms with E-state index in [9.17, 15) is 14.7 Å². The second-order valence-corrected chi connectivity index (χ2v) is 11.4. The number of nitrogens with one attached hydrogen (secondary N) is 1. The van der Waals surface area contributed by atoms with E-state index >= 15 is 0 Å². The molecule has 0 saturated carbocycles. The number of imidazole rings is 1. The van der Waals surface area contributed by atoms with Gasteiger partial charge in [-0.2, -0.15) is 0 Å². The summed E-state index contributed by atoms with van der Waals surface area (Å²) in [6.45, 7) is 13.3. The van der Waals surface area contributed by atoms with E-state index in [1.54, 1.807) is 0 Å². The van der Waals surface area contributed by atoms with Gasteiger partial charge >= 0.3 is 6.09 Å². The maximum atomic E-state index is 12.5. The summed E-state index contributed by atoms with van der Waals surface area (Å²) in [5, 5.41) is 14.0. The first-order valence-corrected chi connectivity index (χ1v) is 13.3. The number of halogens is 1. The van der Waals surface area contributed by atoms with Crippen molar-refractivity contribution >= 4 is 46.3 Å². The average molecular weight is 538 g/mol. The van der Waals surface area contributed by atoms with Crippen LogP contribution >= 0.6 is 11.6 Å². The van der Waals surface area contributed by atoms with E-state index in [0.29, 0.717) is 24.1 Å².